The molecule has 0 aromatic carbocycles. The van der Waals surface area contributed by atoms with E-state index in [1.807, 2.05) is 0 Å². The lowest BCUT2D eigenvalue weighted by Crippen LogP contribution is -2.42. The summed E-state index contributed by atoms with van der Waals surface area (Å²) in [6.45, 7) is 1.59. The Morgan fingerprint density at radius 1 is 1.27 bits per heavy atom. The number of aromatic nitrogens is 2. The number of alkyl halides is 3. The van der Waals surface area contributed by atoms with Gasteiger partial charge in [0.2, 0.25) is 6.30 Å². The van der Waals surface area contributed by atoms with Crippen molar-refractivity contribution in [2.24, 2.45) is 5.14 Å². The van der Waals surface area contributed by atoms with E-state index in [1.165, 1.54) is 18.2 Å². The van der Waals surface area contributed by atoms with E-state index in [-0.39, 0.29) is 36.5 Å². The molecule has 30 heavy (non-hydrogen) atoms. The monoisotopic (exact) mass is 443 g/mol. The minimum absolute atomic E-state index is 0.0242. The van der Waals surface area contributed by atoms with Gasteiger partial charge in [0, 0.05) is 30.2 Å². The third-order valence-corrected chi connectivity index (χ3v) is 5.41. The van der Waals surface area contributed by atoms with Crippen LogP contribution >= 0.6 is 0 Å². The summed E-state index contributed by atoms with van der Waals surface area (Å²) in [7, 11) is -4.09. The number of aryl methyl sites for hydroxylation is 1. The van der Waals surface area contributed by atoms with Crippen LogP contribution in [-0.4, -0.2) is 49.5 Å². The van der Waals surface area contributed by atoms with Crippen LogP contribution in [0.15, 0.2) is 35.5 Å². The highest BCUT2D eigenvalue weighted by Gasteiger charge is 2.38. The maximum Gasteiger partial charge on any atom is 0.259 e. The lowest BCUT2D eigenvalue weighted by atomic mass is 10.1. The van der Waals surface area contributed by atoms with Crippen molar-refractivity contribution in [3.05, 3.63) is 41.7 Å². The highest BCUT2D eigenvalue weighted by atomic mass is 32.2. The predicted molar refractivity (Wildman–Crippen MR) is 104 cm³/mol. The molecule has 0 bridgehead atoms. The summed E-state index contributed by atoms with van der Waals surface area (Å²) in [4.78, 5) is 21.6. The molecule has 0 saturated carbocycles. The van der Waals surface area contributed by atoms with Crippen molar-refractivity contribution < 1.29 is 26.4 Å². The molecule has 2 aromatic heterocycles. The van der Waals surface area contributed by atoms with Crippen LogP contribution in [0.2, 0.25) is 0 Å². The summed E-state index contributed by atoms with van der Waals surface area (Å²) in [5.41, 5.74) is 0.442. The van der Waals surface area contributed by atoms with Crippen molar-refractivity contribution in [2.75, 3.05) is 16.8 Å². The number of nitrogens with zero attached hydrogens (tertiary/aromatic N) is 3. The second-order valence-electron chi connectivity index (χ2n) is 6.87. The SMILES string of the molecule is Cc1ccc(C(=O)Nc2ccnc(S(N)(=O)=O)c2)c(N2CCCC(F)C(F)C2F)n1. The first kappa shape index (κ1) is 22.0. The Morgan fingerprint density at radius 3 is 2.70 bits per heavy atom. The molecule has 162 valence electrons. The van der Waals surface area contributed by atoms with Gasteiger partial charge in [-0.25, -0.2) is 36.7 Å². The second-order valence-corrected chi connectivity index (χ2v) is 8.38. The average Bonchev–Trinajstić information content (AvgIpc) is 2.81. The van der Waals surface area contributed by atoms with Gasteiger partial charge < -0.3 is 10.2 Å². The molecule has 3 N–H and O–H groups in total. The quantitative estimate of drug-likeness (QED) is 0.700. The molecule has 3 unspecified atom stereocenters. The molecule has 2 aromatic rings. The van der Waals surface area contributed by atoms with Gasteiger partial charge in [0.1, 0.15) is 12.0 Å². The van der Waals surface area contributed by atoms with Crippen molar-refractivity contribution in [3.8, 4) is 0 Å². The number of halogens is 3. The Bertz CT molecular complexity index is 1050. The third kappa shape index (κ3) is 4.70. The summed E-state index contributed by atoms with van der Waals surface area (Å²) >= 11 is 0. The molecular formula is C18H20F3N5O3S. The van der Waals surface area contributed by atoms with Crippen LogP contribution in [-0.2, 0) is 10.0 Å². The van der Waals surface area contributed by atoms with E-state index >= 15 is 0 Å². The maximum atomic E-state index is 14.7. The zero-order valence-corrected chi connectivity index (χ0v) is 16.7. The number of hydrogen-bond acceptors (Lipinski definition) is 6. The van der Waals surface area contributed by atoms with Crippen molar-refractivity contribution >= 4 is 27.4 Å². The Kier molecular flexibility index (Phi) is 6.27. The fourth-order valence-electron chi connectivity index (χ4n) is 3.09. The highest BCUT2D eigenvalue weighted by molar-refractivity contribution is 7.89. The third-order valence-electron chi connectivity index (χ3n) is 4.60. The van der Waals surface area contributed by atoms with Crippen LogP contribution < -0.4 is 15.4 Å². The zero-order chi connectivity index (χ0) is 22.1. The molecule has 1 amide bonds. The first-order valence-electron chi connectivity index (χ1n) is 9.04. The minimum atomic E-state index is -4.09. The number of nitrogens with one attached hydrogen (secondary N) is 1. The van der Waals surface area contributed by atoms with Crippen LogP contribution in [0.3, 0.4) is 0 Å². The maximum absolute atomic E-state index is 14.7. The average molecular weight is 443 g/mol. The molecular weight excluding hydrogens is 423 g/mol. The molecule has 0 spiro atoms. The van der Waals surface area contributed by atoms with Crippen LogP contribution in [0.4, 0.5) is 24.7 Å². The molecule has 0 aliphatic carbocycles. The van der Waals surface area contributed by atoms with Crippen molar-refractivity contribution in [1.29, 1.82) is 0 Å². The van der Waals surface area contributed by atoms with E-state index in [1.54, 1.807) is 6.92 Å². The first-order valence-corrected chi connectivity index (χ1v) is 10.6. The van der Waals surface area contributed by atoms with Gasteiger partial charge in [0.25, 0.3) is 15.9 Å². The Morgan fingerprint density at radius 2 is 2.00 bits per heavy atom. The molecule has 1 fully saturated rings. The highest BCUT2D eigenvalue weighted by Crippen LogP contribution is 2.30. The van der Waals surface area contributed by atoms with E-state index in [0.717, 1.165) is 17.2 Å². The lowest BCUT2D eigenvalue weighted by Gasteiger charge is -2.28. The molecule has 1 saturated heterocycles. The summed E-state index contributed by atoms with van der Waals surface area (Å²) in [6, 6.07) is 5.29. The number of primary sulfonamides is 1. The number of nitrogens with two attached hydrogens (primary N) is 1. The van der Waals surface area contributed by atoms with Gasteiger partial charge >= 0.3 is 0 Å². The second kappa shape index (κ2) is 8.56. The topological polar surface area (TPSA) is 118 Å². The molecule has 3 rings (SSSR count). The number of carbonyl (C=O) groups is 1. The molecule has 8 nitrogen and oxygen atoms in total. The van der Waals surface area contributed by atoms with Crippen molar-refractivity contribution in [3.63, 3.8) is 0 Å². The van der Waals surface area contributed by atoms with Gasteiger partial charge in [0.05, 0.1) is 5.56 Å². The largest absolute Gasteiger partial charge is 0.324 e. The van der Waals surface area contributed by atoms with E-state index < -0.39 is 39.6 Å². The number of sulfonamides is 1. The molecule has 1 aliphatic rings. The number of pyridine rings is 2. The van der Waals surface area contributed by atoms with Gasteiger partial charge in [0.15, 0.2) is 11.2 Å². The Balaban J connectivity index is 1.94. The lowest BCUT2D eigenvalue weighted by molar-refractivity contribution is 0.0867. The first-order chi connectivity index (χ1) is 14.1. The molecule has 12 heteroatoms. The van der Waals surface area contributed by atoms with E-state index in [9.17, 15) is 26.4 Å². The number of amides is 1. The van der Waals surface area contributed by atoms with E-state index in [2.05, 4.69) is 15.3 Å². The van der Waals surface area contributed by atoms with Gasteiger partial charge in [-0.05, 0) is 38.0 Å². The van der Waals surface area contributed by atoms with Crippen molar-refractivity contribution in [1.82, 2.24) is 9.97 Å². The summed E-state index contributed by atoms with van der Waals surface area (Å²) in [6.07, 6.45) is -5.44. The Hall–Kier alpha value is -2.73. The van der Waals surface area contributed by atoms with Gasteiger partial charge in [-0.3, -0.25) is 4.79 Å². The van der Waals surface area contributed by atoms with Crippen LogP contribution in [0.5, 0.6) is 0 Å². The van der Waals surface area contributed by atoms with E-state index in [4.69, 9.17) is 5.14 Å². The smallest absolute Gasteiger partial charge is 0.259 e. The minimum Gasteiger partial charge on any atom is -0.324 e. The zero-order valence-electron chi connectivity index (χ0n) is 15.9. The van der Waals surface area contributed by atoms with Crippen LogP contribution in [0.1, 0.15) is 28.9 Å². The molecule has 3 atom stereocenters. The fraction of sp³-hybridized carbons (Fsp3) is 0.389. The number of anilines is 2. The Labute approximate surface area is 171 Å². The summed E-state index contributed by atoms with van der Waals surface area (Å²) < 4.78 is 65.4. The van der Waals surface area contributed by atoms with Crippen LogP contribution in [0, 0.1) is 6.92 Å². The van der Waals surface area contributed by atoms with Gasteiger partial charge in [-0.1, -0.05) is 0 Å². The summed E-state index contributed by atoms with van der Waals surface area (Å²) in [5.74, 6) is -0.870. The predicted octanol–water partition coefficient (Wildman–Crippen LogP) is 2.26. The standard InChI is InChI=1S/C18H20F3N5O3S/c1-10-4-5-12(17(24-10)26-8-2-3-13(19)15(20)16(26)21)18(27)25-11-6-7-23-14(9-11)30(22,28)29/h4-7,9,13,15-16H,2-3,8H2,1H3,(H2,22,28,29)(H,23,25,27). The van der Waals surface area contributed by atoms with Crippen LogP contribution in [0.25, 0.3) is 0 Å². The van der Waals surface area contributed by atoms with Crippen molar-refractivity contribution in [2.45, 2.75) is 43.4 Å². The van der Waals surface area contributed by atoms with Gasteiger partial charge in [-0.15, -0.1) is 0 Å². The summed E-state index contributed by atoms with van der Waals surface area (Å²) in [5, 5.41) is 7.05. The van der Waals surface area contributed by atoms with Gasteiger partial charge in [-0.2, -0.15) is 0 Å². The molecule has 3 heterocycles. The normalized spacial score (nSPS) is 22.4. The molecule has 1 aliphatic heterocycles. The number of rotatable bonds is 4. The number of carbonyl (C=O) groups excluding carboxylic acids is 1. The molecule has 0 radical (unpaired) electrons. The number of hydrogen-bond donors (Lipinski definition) is 2. The van der Waals surface area contributed by atoms with E-state index in [0.29, 0.717) is 5.69 Å². The fourth-order valence-corrected chi connectivity index (χ4v) is 3.59.